The van der Waals surface area contributed by atoms with E-state index in [1.807, 2.05) is 0 Å². The van der Waals surface area contributed by atoms with E-state index in [2.05, 4.69) is 4.74 Å². The molecular formula is C15H18F3NO6. The third-order valence-electron chi connectivity index (χ3n) is 3.23. The van der Waals surface area contributed by atoms with E-state index < -0.39 is 42.7 Å². The second-order valence-corrected chi connectivity index (χ2v) is 6.32. The Morgan fingerprint density at radius 2 is 1.88 bits per heavy atom. The van der Waals surface area contributed by atoms with Crippen LogP contribution in [-0.4, -0.2) is 48.7 Å². The molecule has 1 aromatic heterocycles. The van der Waals surface area contributed by atoms with E-state index >= 15 is 0 Å². The van der Waals surface area contributed by atoms with Gasteiger partial charge in [0.15, 0.2) is 0 Å². The van der Waals surface area contributed by atoms with E-state index in [0.717, 1.165) is 7.11 Å². The Kier molecular flexibility index (Phi) is 5.03. The minimum Gasteiger partial charge on any atom is -0.463 e. The van der Waals surface area contributed by atoms with Gasteiger partial charge in [0.2, 0.25) is 12.0 Å². The third kappa shape index (κ3) is 4.25. The lowest BCUT2D eigenvalue weighted by atomic mass is 10.2. The predicted molar refractivity (Wildman–Crippen MR) is 76.7 cm³/mol. The molecule has 2 heterocycles. The van der Waals surface area contributed by atoms with Crippen molar-refractivity contribution < 1.29 is 41.4 Å². The monoisotopic (exact) mass is 365 g/mol. The van der Waals surface area contributed by atoms with E-state index in [4.69, 9.17) is 13.9 Å². The molecule has 2 atom stereocenters. The van der Waals surface area contributed by atoms with Gasteiger partial charge in [0, 0.05) is 0 Å². The molecule has 7 nitrogen and oxygen atoms in total. The second kappa shape index (κ2) is 6.58. The largest absolute Gasteiger partial charge is 0.463 e. The van der Waals surface area contributed by atoms with Crippen LogP contribution in [0.4, 0.5) is 18.0 Å². The zero-order valence-electron chi connectivity index (χ0n) is 14.0. The van der Waals surface area contributed by atoms with Crippen LogP contribution in [0.2, 0.25) is 0 Å². The Labute approximate surface area is 141 Å². The molecule has 0 spiro atoms. The molecule has 25 heavy (non-hydrogen) atoms. The summed E-state index contributed by atoms with van der Waals surface area (Å²) >= 11 is 0. The fraction of sp³-hybridized carbons (Fsp3) is 0.600. The number of hydrogen-bond donors (Lipinski definition) is 0. The zero-order chi connectivity index (χ0) is 19.0. The van der Waals surface area contributed by atoms with E-state index in [-0.39, 0.29) is 11.5 Å². The molecule has 1 aromatic rings. The molecule has 0 radical (unpaired) electrons. The summed E-state index contributed by atoms with van der Waals surface area (Å²) < 4.78 is 59.1. The first kappa shape index (κ1) is 19.1. The number of halogens is 3. The maximum atomic E-state index is 13.2. The maximum absolute atomic E-state index is 13.2. The molecule has 0 bridgehead atoms. The number of carbonyl (C=O) groups excluding carboxylic acids is 2. The highest BCUT2D eigenvalue weighted by Crippen LogP contribution is 2.39. The van der Waals surface area contributed by atoms with Crippen molar-refractivity contribution in [3.8, 4) is 0 Å². The van der Waals surface area contributed by atoms with Gasteiger partial charge >= 0.3 is 18.2 Å². The molecule has 1 fully saturated rings. The maximum Gasteiger partial charge on any atom is 0.433 e. The number of amides is 1. The Balaban J connectivity index is 2.33. The van der Waals surface area contributed by atoms with Crippen LogP contribution in [0.3, 0.4) is 0 Å². The molecule has 0 unspecified atom stereocenters. The average molecular weight is 365 g/mol. The summed E-state index contributed by atoms with van der Waals surface area (Å²) in [7, 11) is 1.13. The van der Waals surface area contributed by atoms with Crippen molar-refractivity contribution in [1.82, 2.24) is 4.90 Å². The first-order valence-corrected chi connectivity index (χ1v) is 7.31. The van der Waals surface area contributed by atoms with Crippen molar-refractivity contribution in [3.05, 3.63) is 23.7 Å². The normalized spacial score (nSPS) is 21.3. The van der Waals surface area contributed by atoms with Gasteiger partial charge in [-0.3, -0.25) is 4.90 Å². The fourth-order valence-corrected chi connectivity index (χ4v) is 2.26. The number of rotatable bonds is 2. The SMILES string of the molecule is COC(=O)c1ccc([C@@H]2CO[C@@H](C(F)(F)F)N2C(=O)OC(C)(C)C)o1. The Morgan fingerprint density at radius 1 is 1.24 bits per heavy atom. The van der Waals surface area contributed by atoms with Crippen LogP contribution in [0.15, 0.2) is 16.5 Å². The highest BCUT2D eigenvalue weighted by Gasteiger charge is 2.55. The molecule has 0 N–H and O–H groups in total. The van der Waals surface area contributed by atoms with Crippen LogP contribution >= 0.6 is 0 Å². The van der Waals surface area contributed by atoms with Crippen molar-refractivity contribution >= 4 is 12.1 Å². The summed E-state index contributed by atoms with van der Waals surface area (Å²) in [6.45, 7) is 4.13. The molecule has 0 aliphatic carbocycles. The molecule has 0 saturated carbocycles. The molecule has 10 heteroatoms. The van der Waals surface area contributed by atoms with Crippen molar-refractivity contribution in [1.29, 1.82) is 0 Å². The molecule has 0 aromatic carbocycles. The van der Waals surface area contributed by atoms with Crippen LogP contribution in [-0.2, 0) is 14.2 Å². The van der Waals surface area contributed by atoms with Gasteiger partial charge in [0.25, 0.3) is 0 Å². The highest BCUT2D eigenvalue weighted by atomic mass is 19.4. The van der Waals surface area contributed by atoms with E-state index in [1.54, 1.807) is 0 Å². The number of esters is 1. The number of alkyl halides is 3. The predicted octanol–water partition coefficient (Wildman–Crippen LogP) is 3.26. The molecule has 140 valence electrons. The van der Waals surface area contributed by atoms with Crippen LogP contribution in [0, 0.1) is 0 Å². The first-order chi connectivity index (χ1) is 11.4. The van der Waals surface area contributed by atoms with E-state index in [0.29, 0.717) is 4.90 Å². The van der Waals surface area contributed by atoms with Gasteiger partial charge in [-0.2, -0.15) is 13.2 Å². The second-order valence-electron chi connectivity index (χ2n) is 6.32. The smallest absolute Gasteiger partial charge is 0.433 e. The topological polar surface area (TPSA) is 78.2 Å². The number of ether oxygens (including phenoxy) is 3. The number of nitrogens with zero attached hydrogens (tertiary/aromatic N) is 1. The molecule has 1 aliphatic rings. The van der Waals surface area contributed by atoms with Gasteiger partial charge in [-0.25, -0.2) is 9.59 Å². The summed E-state index contributed by atoms with van der Waals surface area (Å²) in [6.07, 6.45) is -8.49. The minimum atomic E-state index is -4.82. The molecular weight excluding hydrogens is 347 g/mol. The lowest BCUT2D eigenvalue weighted by molar-refractivity contribution is -0.236. The van der Waals surface area contributed by atoms with Crippen LogP contribution in [0.5, 0.6) is 0 Å². The van der Waals surface area contributed by atoms with Gasteiger partial charge in [0.1, 0.15) is 17.4 Å². The summed E-state index contributed by atoms with van der Waals surface area (Å²) in [5.41, 5.74) is -0.999. The van der Waals surface area contributed by atoms with Crippen molar-refractivity contribution in [2.75, 3.05) is 13.7 Å². The van der Waals surface area contributed by atoms with Crippen molar-refractivity contribution in [2.45, 2.75) is 44.8 Å². The molecule has 2 rings (SSSR count). The summed E-state index contributed by atoms with van der Waals surface area (Å²) in [6, 6.07) is 1.34. The minimum absolute atomic E-state index is 0.0435. The summed E-state index contributed by atoms with van der Waals surface area (Å²) in [5.74, 6) is -1.03. The van der Waals surface area contributed by atoms with Gasteiger partial charge < -0.3 is 18.6 Å². The Morgan fingerprint density at radius 3 is 2.40 bits per heavy atom. The highest BCUT2D eigenvalue weighted by molar-refractivity contribution is 5.86. The van der Waals surface area contributed by atoms with Gasteiger partial charge in [-0.1, -0.05) is 0 Å². The Hall–Kier alpha value is -2.23. The zero-order valence-corrected chi connectivity index (χ0v) is 14.0. The fourth-order valence-electron chi connectivity index (χ4n) is 2.26. The average Bonchev–Trinajstić information content (AvgIpc) is 3.10. The van der Waals surface area contributed by atoms with E-state index in [9.17, 15) is 22.8 Å². The molecule has 1 aliphatic heterocycles. The van der Waals surface area contributed by atoms with Gasteiger partial charge in [-0.15, -0.1) is 0 Å². The summed E-state index contributed by atoms with van der Waals surface area (Å²) in [4.78, 5) is 24.1. The number of furan rings is 1. The molecule has 1 saturated heterocycles. The first-order valence-electron chi connectivity index (χ1n) is 7.31. The van der Waals surface area contributed by atoms with Gasteiger partial charge in [0.05, 0.1) is 13.7 Å². The third-order valence-corrected chi connectivity index (χ3v) is 3.23. The quantitative estimate of drug-likeness (QED) is 0.749. The molecule has 1 amide bonds. The van der Waals surface area contributed by atoms with Crippen molar-refractivity contribution in [2.24, 2.45) is 0 Å². The number of hydrogen-bond acceptors (Lipinski definition) is 6. The number of methoxy groups -OCH3 is 1. The van der Waals surface area contributed by atoms with Crippen LogP contribution in [0.1, 0.15) is 43.1 Å². The van der Waals surface area contributed by atoms with Gasteiger partial charge in [-0.05, 0) is 32.9 Å². The number of carbonyl (C=O) groups is 2. The van der Waals surface area contributed by atoms with Crippen LogP contribution < -0.4 is 0 Å². The standard InChI is InChI=1S/C15H18F3NO6/c1-14(2,3)25-13(21)19-8(7-23-12(19)15(16,17)18)9-5-6-10(24-9)11(20)22-4/h5-6,8,12H,7H2,1-4H3/t8-,12-/m0/s1. The van der Waals surface area contributed by atoms with Crippen molar-refractivity contribution in [3.63, 3.8) is 0 Å². The summed E-state index contributed by atoms with van der Waals surface area (Å²) in [5, 5.41) is 0. The van der Waals surface area contributed by atoms with Crippen LogP contribution in [0.25, 0.3) is 0 Å². The van der Waals surface area contributed by atoms with E-state index in [1.165, 1.54) is 32.9 Å². The lowest BCUT2D eigenvalue weighted by Gasteiger charge is -2.30. The Bertz CT molecular complexity index is 648. The lowest BCUT2D eigenvalue weighted by Crippen LogP contribution is -2.48.